The van der Waals surface area contributed by atoms with Gasteiger partial charge >= 0.3 is 0 Å². The predicted octanol–water partition coefficient (Wildman–Crippen LogP) is 3.41. The van der Waals surface area contributed by atoms with E-state index in [2.05, 4.69) is 16.2 Å². The van der Waals surface area contributed by atoms with Crippen LogP contribution in [0.1, 0.15) is 12.0 Å². The average molecular weight is 313 g/mol. The van der Waals surface area contributed by atoms with Gasteiger partial charge in [-0.05, 0) is 24.6 Å². The SMILES string of the molecule is O/N=C(/c1ccc(Oc2cccc(F)c2)nc1)N1CC=CCC1. The minimum Gasteiger partial charge on any atom is -0.439 e. The molecule has 2 aromatic rings. The van der Waals surface area contributed by atoms with Gasteiger partial charge in [-0.1, -0.05) is 23.4 Å². The number of nitrogens with zero attached hydrogens (tertiary/aromatic N) is 3. The number of hydrogen-bond donors (Lipinski definition) is 1. The van der Waals surface area contributed by atoms with Crippen LogP contribution in [0.15, 0.2) is 59.9 Å². The molecule has 0 saturated heterocycles. The van der Waals surface area contributed by atoms with E-state index >= 15 is 0 Å². The number of benzene rings is 1. The number of hydrogen-bond acceptors (Lipinski definition) is 4. The second kappa shape index (κ2) is 6.91. The van der Waals surface area contributed by atoms with Crippen LogP contribution in [0.25, 0.3) is 0 Å². The summed E-state index contributed by atoms with van der Waals surface area (Å²) in [5.41, 5.74) is 0.689. The molecule has 0 saturated carbocycles. The van der Waals surface area contributed by atoms with Gasteiger partial charge in [-0.25, -0.2) is 9.37 Å². The summed E-state index contributed by atoms with van der Waals surface area (Å²) < 4.78 is 18.6. The Bertz CT molecular complexity index is 729. The topological polar surface area (TPSA) is 58.0 Å². The molecule has 3 rings (SSSR count). The Hall–Kier alpha value is -2.89. The van der Waals surface area contributed by atoms with Crippen molar-refractivity contribution >= 4 is 5.84 Å². The van der Waals surface area contributed by atoms with Gasteiger partial charge in [0.15, 0.2) is 5.84 Å². The van der Waals surface area contributed by atoms with Gasteiger partial charge in [0.05, 0.1) is 0 Å². The Kier molecular flexibility index (Phi) is 4.52. The summed E-state index contributed by atoms with van der Waals surface area (Å²) in [7, 11) is 0. The van der Waals surface area contributed by atoms with E-state index in [1.54, 1.807) is 30.5 Å². The van der Waals surface area contributed by atoms with Gasteiger partial charge in [-0.2, -0.15) is 0 Å². The molecule has 118 valence electrons. The fourth-order valence-electron chi connectivity index (χ4n) is 2.36. The van der Waals surface area contributed by atoms with E-state index in [0.29, 0.717) is 29.6 Å². The molecule has 0 unspecified atom stereocenters. The van der Waals surface area contributed by atoms with Gasteiger partial charge in [0, 0.05) is 37.0 Å². The van der Waals surface area contributed by atoms with Gasteiger partial charge in [-0.15, -0.1) is 0 Å². The van der Waals surface area contributed by atoms with Crippen molar-refractivity contribution in [3.05, 3.63) is 66.1 Å². The van der Waals surface area contributed by atoms with Crippen LogP contribution in [0.5, 0.6) is 11.6 Å². The first kappa shape index (κ1) is 15.0. The van der Waals surface area contributed by atoms with Crippen molar-refractivity contribution in [3.8, 4) is 11.6 Å². The van der Waals surface area contributed by atoms with Crippen LogP contribution >= 0.6 is 0 Å². The molecule has 23 heavy (non-hydrogen) atoms. The minimum atomic E-state index is -0.369. The van der Waals surface area contributed by atoms with Gasteiger partial charge in [0.1, 0.15) is 11.6 Å². The maximum Gasteiger partial charge on any atom is 0.219 e. The van der Waals surface area contributed by atoms with Crippen molar-refractivity contribution in [2.75, 3.05) is 13.1 Å². The zero-order valence-corrected chi connectivity index (χ0v) is 12.4. The van der Waals surface area contributed by atoms with Crippen molar-refractivity contribution in [1.29, 1.82) is 0 Å². The highest BCUT2D eigenvalue weighted by Gasteiger charge is 2.15. The number of rotatable bonds is 3. The smallest absolute Gasteiger partial charge is 0.219 e. The third-order valence-corrected chi connectivity index (χ3v) is 3.47. The van der Waals surface area contributed by atoms with Crippen molar-refractivity contribution in [2.45, 2.75) is 6.42 Å². The summed E-state index contributed by atoms with van der Waals surface area (Å²) in [5, 5.41) is 12.7. The number of pyridine rings is 1. The number of aromatic nitrogens is 1. The lowest BCUT2D eigenvalue weighted by Gasteiger charge is -2.25. The number of halogens is 1. The summed E-state index contributed by atoms with van der Waals surface area (Å²) >= 11 is 0. The third kappa shape index (κ3) is 3.66. The Morgan fingerprint density at radius 3 is 2.83 bits per heavy atom. The van der Waals surface area contributed by atoms with Crippen LogP contribution < -0.4 is 4.74 Å². The van der Waals surface area contributed by atoms with Crippen molar-refractivity contribution in [1.82, 2.24) is 9.88 Å². The molecule has 0 bridgehead atoms. The summed E-state index contributed by atoms with van der Waals surface area (Å²) in [6.07, 6.45) is 6.61. The lowest BCUT2D eigenvalue weighted by Crippen LogP contribution is -2.34. The van der Waals surface area contributed by atoms with Crippen LogP contribution in [-0.4, -0.2) is 34.0 Å². The lowest BCUT2D eigenvalue weighted by molar-refractivity contribution is 0.303. The van der Waals surface area contributed by atoms with E-state index in [1.165, 1.54) is 12.1 Å². The van der Waals surface area contributed by atoms with Gasteiger partial charge in [0.2, 0.25) is 5.88 Å². The largest absolute Gasteiger partial charge is 0.439 e. The molecule has 6 heteroatoms. The second-order valence-electron chi connectivity index (χ2n) is 5.07. The maximum atomic E-state index is 13.1. The monoisotopic (exact) mass is 313 g/mol. The Balaban J connectivity index is 1.74. The summed E-state index contributed by atoms with van der Waals surface area (Å²) in [5.74, 6) is 0.823. The molecule has 2 heterocycles. The van der Waals surface area contributed by atoms with Crippen molar-refractivity contribution < 1.29 is 14.3 Å². The fourth-order valence-corrected chi connectivity index (χ4v) is 2.36. The molecule has 0 radical (unpaired) electrons. The maximum absolute atomic E-state index is 13.1. The average Bonchev–Trinajstić information content (AvgIpc) is 2.58. The van der Waals surface area contributed by atoms with E-state index in [0.717, 1.165) is 13.0 Å². The van der Waals surface area contributed by atoms with Crippen molar-refractivity contribution in [2.24, 2.45) is 5.16 Å². The van der Waals surface area contributed by atoms with Crippen LogP contribution in [0.3, 0.4) is 0 Å². The Labute approximate surface area is 133 Å². The molecule has 1 aliphatic heterocycles. The van der Waals surface area contributed by atoms with E-state index in [4.69, 9.17) is 4.74 Å². The summed E-state index contributed by atoms with van der Waals surface area (Å²) in [6, 6.07) is 9.27. The molecule has 1 aliphatic rings. The first-order valence-corrected chi connectivity index (χ1v) is 7.28. The minimum absolute atomic E-state index is 0.343. The molecule has 0 amide bonds. The molecule has 0 atom stereocenters. The normalized spacial score (nSPS) is 14.8. The quantitative estimate of drug-likeness (QED) is 0.310. The van der Waals surface area contributed by atoms with Crippen LogP contribution in [0.4, 0.5) is 4.39 Å². The van der Waals surface area contributed by atoms with Crippen LogP contribution in [0, 0.1) is 5.82 Å². The Morgan fingerprint density at radius 1 is 1.26 bits per heavy atom. The predicted molar refractivity (Wildman–Crippen MR) is 84.4 cm³/mol. The zero-order chi connectivity index (χ0) is 16.1. The molecule has 1 N–H and O–H groups in total. The van der Waals surface area contributed by atoms with E-state index in [1.807, 2.05) is 11.0 Å². The lowest BCUT2D eigenvalue weighted by atomic mass is 10.2. The standard InChI is InChI=1S/C17H16FN3O2/c18-14-5-4-6-15(11-14)23-16-8-7-13(12-19-16)17(20-22)21-9-2-1-3-10-21/h1-2,4-8,11-12,22H,3,9-10H2/b20-17-. The second-order valence-corrected chi connectivity index (χ2v) is 5.07. The highest BCUT2D eigenvalue weighted by atomic mass is 19.1. The molecule has 0 spiro atoms. The number of amidine groups is 1. The van der Waals surface area contributed by atoms with E-state index in [-0.39, 0.29) is 5.82 Å². The highest BCUT2D eigenvalue weighted by molar-refractivity contribution is 5.98. The fraction of sp³-hybridized carbons (Fsp3) is 0.176. The number of oxime groups is 1. The highest BCUT2D eigenvalue weighted by Crippen LogP contribution is 2.20. The van der Waals surface area contributed by atoms with Crippen molar-refractivity contribution in [3.63, 3.8) is 0 Å². The first-order chi connectivity index (χ1) is 11.3. The molecular formula is C17H16FN3O2. The first-order valence-electron chi connectivity index (χ1n) is 7.28. The summed E-state index contributed by atoms with van der Waals surface area (Å²) in [6.45, 7) is 1.48. The molecule has 1 aromatic carbocycles. The van der Waals surface area contributed by atoms with E-state index in [9.17, 15) is 9.60 Å². The molecule has 0 fully saturated rings. The van der Waals surface area contributed by atoms with Crippen LogP contribution in [0.2, 0.25) is 0 Å². The molecule has 0 aliphatic carbocycles. The zero-order valence-electron chi connectivity index (χ0n) is 12.4. The van der Waals surface area contributed by atoms with E-state index < -0.39 is 0 Å². The van der Waals surface area contributed by atoms with Gasteiger partial charge < -0.3 is 14.8 Å². The number of ether oxygens (including phenoxy) is 1. The molecule has 1 aromatic heterocycles. The third-order valence-electron chi connectivity index (χ3n) is 3.47. The summed E-state index contributed by atoms with van der Waals surface area (Å²) in [4.78, 5) is 6.15. The molecular weight excluding hydrogens is 297 g/mol. The Morgan fingerprint density at radius 2 is 2.17 bits per heavy atom. The van der Waals surface area contributed by atoms with Gasteiger partial charge in [-0.3, -0.25) is 0 Å². The van der Waals surface area contributed by atoms with Crippen LogP contribution in [-0.2, 0) is 0 Å². The molecule has 5 nitrogen and oxygen atoms in total. The van der Waals surface area contributed by atoms with Gasteiger partial charge in [0.25, 0.3) is 0 Å².